The van der Waals surface area contributed by atoms with Gasteiger partial charge < -0.3 is 10.5 Å². The molecule has 1 aromatic carbocycles. The molecule has 0 aliphatic rings. The first-order valence-electron chi connectivity index (χ1n) is 5.87. The van der Waals surface area contributed by atoms with Crippen molar-refractivity contribution in [3.8, 4) is 5.88 Å². The van der Waals surface area contributed by atoms with Crippen LogP contribution in [0.3, 0.4) is 0 Å². The third-order valence-electron chi connectivity index (χ3n) is 2.29. The summed E-state index contributed by atoms with van der Waals surface area (Å²) in [6.07, 6.45) is -4.54. The second-order valence-corrected chi connectivity index (χ2v) is 5.57. The number of nitrogen functional groups attached to an aromatic ring is 1. The maximum Gasteiger partial charge on any atom is 0.433 e. The van der Waals surface area contributed by atoms with Crippen LogP contribution < -0.4 is 15.6 Å². The molecule has 1 aromatic heterocycles. The molecule has 0 aliphatic heterocycles. The number of methoxy groups -OCH3 is 1. The SMILES string of the molecule is COc1cc(C(F)(F)F)nc(N)n1.NS(=O)(=O)c1ccccc1. The third kappa shape index (κ3) is 6.08. The summed E-state index contributed by atoms with van der Waals surface area (Å²) in [5, 5.41) is 4.83. The average molecular weight is 350 g/mol. The minimum Gasteiger partial charge on any atom is -0.481 e. The van der Waals surface area contributed by atoms with E-state index >= 15 is 0 Å². The highest BCUT2D eigenvalue weighted by Crippen LogP contribution is 2.29. The van der Waals surface area contributed by atoms with Gasteiger partial charge in [-0.2, -0.15) is 18.2 Å². The predicted octanol–water partition coefficient (Wildman–Crippen LogP) is 1.42. The molecule has 0 amide bonds. The van der Waals surface area contributed by atoms with Crippen LogP contribution >= 0.6 is 0 Å². The maximum atomic E-state index is 12.1. The van der Waals surface area contributed by atoms with Crippen LogP contribution in [0.25, 0.3) is 0 Å². The van der Waals surface area contributed by atoms with Crippen molar-refractivity contribution in [2.24, 2.45) is 5.14 Å². The molecule has 11 heteroatoms. The fourth-order valence-electron chi connectivity index (χ4n) is 1.30. The minimum absolute atomic E-state index is 0.148. The Morgan fingerprint density at radius 3 is 2.09 bits per heavy atom. The van der Waals surface area contributed by atoms with Crippen molar-refractivity contribution >= 4 is 16.0 Å². The van der Waals surface area contributed by atoms with Crippen molar-refractivity contribution < 1.29 is 26.3 Å². The van der Waals surface area contributed by atoms with E-state index in [9.17, 15) is 21.6 Å². The molecule has 0 unspecified atom stereocenters. The Kier molecular flexibility index (Phi) is 5.87. The van der Waals surface area contributed by atoms with Gasteiger partial charge in [-0.25, -0.2) is 18.5 Å². The Bertz CT molecular complexity index is 752. The smallest absolute Gasteiger partial charge is 0.433 e. The van der Waals surface area contributed by atoms with Gasteiger partial charge >= 0.3 is 6.18 Å². The Labute approximate surface area is 130 Å². The standard InChI is InChI=1S/C6H6F3N3O.C6H7NO2S/c1-13-4-2-3(6(7,8)9)11-5(10)12-4;7-10(8,9)6-4-2-1-3-5-6/h2H,1H3,(H2,10,11,12);1-5H,(H2,7,8,9). The molecule has 2 aromatic rings. The monoisotopic (exact) mass is 350 g/mol. The van der Waals surface area contributed by atoms with E-state index < -0.39 is 27.8 Å². The van der Waals surface area contributed by atoms with E-state index in [0.717, 1.165) is 0 Å². The number of anilines is 1. The van der Waals surface area contributed by atoms with Gasteiger partial charge in [0, 0.05) is 6.07 Å². The summed E-state index contributed by atoms with van der Waals surface area (Å²) in [7, 11) is -2.31. The van der Waals surface area contributed by atoms with Gasteiger partial charge in [0.25, 0.3) is 0 Å². The zero-order valence-electron chi connectivity index (χ0n) is 11.8. The molecule has 0 atom stereocenters. The highest BCUT2D eigenvalue weighted by Gasteiger charge is 2.33. The number of nitrogens with zero attached hydrogens (tertiary/aromatic N) is 2. The van der Waals surface area contributed by atoms with Gasteiger partial charge in [-0.3, -0.25) is 0 Å². The van der Waals surface area contributed by atoms with Gasteiger partial charge in [-0.1, -0.05) is 18.2 Å². The quantitative estimate of drug-likeness (QED) is 0.845. The molecule has 0 radical (unpaired) electrons. The largest absolute Gasteiger partial charge is 0.481 e. The third-order valence-corrected chi connectivity index (χ3v) is 3.22. The van der Waals surface area contributed by atoms with E-state index in [0.29, 0.717) is 6.07 Å². The summed E-state index contributed by atoms with van der Waals surface area (Å²) in [4.78, 5) is 6.57. The number of rotatable bonds is 2. The van der Waals surface area contributed by atoms with Crippen molar-refractivity contribution in [1.29, 1.82) is 0 Å². The Morgan fingerprint density at radius 1 is 1.13 bits per heavy atom. The highest BCUT2D eigenvalue weighted by molar-refractivity contribution is 7.89. The van der Waals surface area contributed by atoms with Crippen molar-refractivity contribution in [2.75, 3.05) is 12.8 Å². The molecule has 0 spiro atoms. The van der Waals surface area contributed by atoms with E-state index in [-0.39, 0.29) is 10.8 Å². The van der Waals surface area contributed by atoms with E-state index in [1.807, 2.05) is 0 Å². The Balaban J connectivity index is 0.000000238. The highest BCUT2D eigenvalue weighted by atomic mass is 32.2. The fraction of sp³-hybridized carbons (Fsp3) is 0.167. The summed E-state index contributed by atoms with van der Waals surface area (Å²) in [6, 6.07) is 8.56. The van der Waals surface area contributed by atoms with E-state index in [1.54, 1.807) is 18.2 Å². The molecule has 4 N–H and O–H groups in total. The molecule has 0 saturated heterocycles. The summed E-state index contributed by atoms with van der Waals surface area (Å²) in [6.45, 7) is 0. The van der Waals surface area contributed by atoms with Crippen LogP contribution in [0.15, 0.2) is 41.3 Å². The summed E-state index contributed by atoms with van der Waals surface area (Å²) in [5.74, 6) is -0.675. The molecule has 0 fully saturated rings. The number of ether oxygens (including phenoxy) is 1. The fourth-order valence-corrected chi connectivity index (χ4v) is 1.84. The average Bonchev–Trinajstić information content (AvgIpc) is 2.46. The van der Waals surface area contributed by atoms with Crippen LogP contribution in [-0.4, -0.2) is 25.5 Å². The lowest BCUT2D eigenvalue weighted by Crippen LogP contribution is -2.11. The summed E-state index contributed by atoms with van der Waals surface area (Å²) < 4.78 is 62.0. The number of halogens is 3. The number of sulfonamides is 1. The lowest BCUT2D eigenvalue weighted by atomic mass is 10.4. The van der Waals surface area contributed by atoms with E-state index in [2.05, 4.69) is 14.7 Å². The van der Waals surface area contributed by atoms with Crippen molar-refractivity contribution in [2.45, 2.75) is 11.1 Å². The molecule has 23 heavy (non-hydrogen) atoms. The first kappa shape index (κ1) is 18.6. The van der Waals surface area contributed by atoms with Crippen LogP contribution in [0.4, 0.5) is 19.1 Å². The van der Waals surface area contributed by atoms with Gasteiger partial charge in [-0.15, -0.1) is 0 Å². The van der Waals surface area contributed by atoms with Gasteiger partial charge in [0.15, 0.2) is 5.69 Å². The van der Waals surface area contributed by atoms with E-state index in [4.69, 9.17) is 10.9 Å². The summed E-state index contributed by atoms with van der Waals surface area (Å²) >= 11 is 0. The van der Waals surface area contributed by atoms with E-state index in [1.165, 1.54) is 19.2 Å². The number of hydrogen-bond acceptors (Lipinski definition) is 6. The number of nitrogens with two attached hydrogens (primary N) is 2. The van der Waals surface area contributed by atoms with Gasteiger partial charge in [0.1, 0.15) is 0 Å². The normalized spacial score (nSPS) is 11.3. The van der Waals surface area contributed by atoms with Gasteiger partial charge in [-0.05, 0) is 12.1 Å². The predicted molar refractivity (Wildman–Crippen MR) is 75.8 cm³/mol. The van der Waals surface area contributed by atoms with Crippen molar-refractivity contribution in [3.05, 3.63) is 42.1 Å². The molecule has 7 nitrogen and oxygen atoms in total. The van der Waals surface area contributed by atoms with Crippen LogP contribution in [0.1, 0.15) is 5.69 Å². The summed E-state index contributed by atoms with van der Waals surface area (Å²) in [5.41, 5.74) is 3.92. The van der Waals surface area contributed by atoms with Crippen LogP contribution in [0.2, 0.25) is 0 Å². The molecular formula is C12H13F3N4O3S. The Hall–Kier alpha value is -2.40. The minimum atomic E-state index is -4.54. The molecular weight excluding hydrogens is 337 g/mol. The number of aromatic nitrogens is 2. The van der Waals surface area contributed by atoms with Gasteiger partial charge in [0.2, 0.25) is 21.9 Å². The topological polar surface area (TPSA) is 121 Å². The molecule has 2 rings (SSSR count). The first-order valence-corrected chi connectivity index (χ1v) is 7.42. The van der Waals surface area contributed by atoms with Crippen molar-refractivity contribution in [1.82, 2.24) is 9.97 Å². The maximum absolute atomic E-state index is 12.1. The lowest BCUT2D eigenvalue weighted by molar-refractivity contribution is -0.141. The number of alkyl halides is 3. The van der Waals surface area contributed by atoms with Crippen LogP contribution in [-0.2, 0) is 16.2 Å². The number of hydrogen-bond donors (Lipinski definition) is 2. The Morgan fingerprint density at radius 2 is 1.70 bits per heavy atom. The number of benzene rings is 1. The first-order chi connectivity index (χ1) is 10.5. The van der Waals surface area contributed by atoms with Crippen LogP contribution in [0.5, 0.6) is 5.88 Å². The van der Waals surface area contributed by atoms with Gasteiger partial charge in [0.05, 0.1) is 12.0 Å². The van der Waals surface area contributed by atoms with Crippen LogP contribution in [0, 0.1) is 0 Å². The zero-order valence-corrected chi connectivity index (χ0v) is 12.6. The second kappa shape index (κ2) is 7.24. The number of primary sulfonamides is 1. The molecule has 0 saturated carbocycles. The zero-order chi connectivity index (χ0) is 17.7. The molecule has 0 bridgehead atoms. The molecule has 126 valence electrons. The lowest BCUT2D eigenvalue weighted by Gasteiger charge is -2.07. The van der Waals surface area contributed by atoms with Crippen molar-refractivity contribution in [3.63, 3.8) is 0 Å². The second-order valence-electron chi connectivity index (χ2n) is 4.01. The molecule has 0 aliphatic carbocycles. The molecule has 1 heterocycles.